The predicted molar refractivity (Wildman–Crippen MR) is 81.7 cm³/mol. The quantitative estimate of drug-likeness (QED) is 0.490. The Bertz CT molecular complexity index is 279. The molecule has 0 bridgehead atoms. The molecule has 0 heteroatoms. The Morgan fingerprint density at radius 3 is 1.41 bits per heavy atom. The second-order valence-corrected chi connectivity index (χ2v) is 4.78. The normalized spacial score (nSPS) is 10.1. The molecule has 0 heterocycles. The Labute approximate surface area is 109 Å². The van der Waals surface area contributed by atoms with Crippen LogP contribution >= 0.6 is 0 Å². The van der Waals surface area contributed by atoms with Crippen molar-refractivity contribution in [3.05, 3.63) is 47.5 Å². The highest BCUT2D eigenvalue weighted by Crippen LogP contribution is 2.21. The van der Waals surface area contributed by atoms with Crippen molar-refractivity contribution in [2.24, 2.45) is 0 Å². The molecule has 98 valence electrons. The van der Waals surface area contributed by atoms with Crippen LogP contribution in [0.2, 0.25) is 0 Å². The zero-order chi connectivity index (χ0) is 13.9. The molecular formula is C17H30. The maximum Gasteiger partial charge on any atom is -0.0132 e. The van der Waals surface area contributed by atoms with Crippen LogP contribution in [0, 0.1) is 6.92 Å². The molecule has 0 spiro atoms. The van der Waals surface area contributed by atoms with E-state index in [2.05, 4.69) is 52.0 Å². The van der Waals surface area contributed by atoms with Crippen LogP contribution < -0.4 is 0 Å². The Hall–Kier alpha value is -1.04. The Morgan fingerprint density at radius 1 is 0.824 bits per heavy atom. The van der Waals surface area contributed by atoms with Gasteiger partial charge < -0.3 is 0 Å². The summed E-state index contributed by atoms with van der Waals surface area (Å²) in [7, 11) is 0. The molecule has 0 saturated heterocycles. The zero-order valence-electron chi connectivity index (χ0n) is 13.0. The lowest BCUT2D eigenvalue weighted by molar-refractivity contribution is 0.590. The first-order chi connectivity index (χ1) is 7.91. The van der Waals surface area contributed by atoms with Crippen LogP contribution in [0.1, 0.15) is 59.6 Å². The van der Waals surface area contributed by atoms with E-state index in [-0.39, 0.29) is 5.41 Å². The summed E-state index contributed by atoms with van der Waals surface area (Å²) >= 11 is 0. The molecule has 0 aliphatic carbocycles. The van der Waals surface area contributed by atoms with Crippen LogP contribution in [0.4, 0.5) is 0 Å². The molecule has 0 fully saturated rings. The third-order valence-corrected chi connectivity index (χ3v) is 2.25. The van der Waals surface area contributed by atoms with Gasteiger partial charge in [0.25, 0.3) is 0 Å². The number of aryl methyl sites for hydroxylation is 1. The first kappa shape index (κ1) is 18.3. The second-order valence-electron chi connectivity index (χ2n) is 4.78. The fourth-order valence-electron chi connectivity index (χ4n) is 1.05. The standard InChI is InChI=1S/C11H16.C4H8.C2H6/c1-9-5-7-10(8-6-9)11(2,3)4;1-3-4-2;1-2/h5-8H,1-4H3;3-4H,1-2H3;1-2H3/b;4-3-;. The molecule has 0 aliphatic rings. The zero-order valence-corrected chi connectivity index (χ0v) is 13.0. The van der Waals surface area contributed by atoms with Crippen molar-refractivity contribution in [2.75, 3.05) is 0 Å². The summed E-state index contributed by atoms with van der Waals surface area (Å²) in [6.45, 7) is 16.8. The number of hydrogen-bond acceptors (Lipinski definition) is 0. The lowest BCUT2D eigenvalue weighted by Gasteiger charge is -2.18. The van der Waals surface area contributed by atoms with Crippen LogP contribution in [0.3, 0.4) is 0 Å². The van der Waals surface area contributed by atoms with Gasteiger partial charge in [-0.2, -0.15) is 0 Å². The molecule has 0 unspecified atom stereocenters. The van der Waals surface area contributed by atoms with E-state index in [0.29, 0.717) is 0 Å². The average Bonchev–Trinajstić information content (AvgIpc) is 2.31. The third-order valence-electron chi connectivity index (χ3n) is 2.25. The largest absolute Gasteiger partial charge is 0.0919 e. The first-order valence-electron chi connectivity index (χ1n) is 6.56. The molecule has 1 rings (SSSR count). The molecule has 0 saturated carbocycles. The molecule has 0 atom stereocenters. The minimum Gasteiger partial charge on any atom is -0.0919 e. The van der Waals surface area contributed by atoms with Gasteiger partial charge in [-0.05, 0) is 31.7 Å². The van der Waals surface area contributed by atoms with Crippen LogP contribution in [0.5, 0.6) is 0 Å². The van der Waals surface area contributed by atoms with Gasteiger partial charge in [0.1, 0.15) is 0 Å². The lowest BCUT2D eigenvalue weighted by Crippen LogP contribution is -2.10. The highest BCUT2D eigenvalue weighted by molar-refractivity contribution is 5.26. The molecule has 0 N–H and O–H groups in total. The van der Waals surface area contributed by atoms with Crippen molar-refractivity contribution < 1.29 is 0 Å². The highest BCUT2D eigenvalue weighted by atomic mass is 14.2. The molecular weight excluding hydrogens is 204 g/mol. The molecule has 1 aromatic carbocycles. The monoisotopic (exact) mass is 234 g/mol. The van der Waals surface area contributed by atoms with Crippen molar-refractivity contribution >= 4 is 0 Å². The first-order valence-corrected chi connectivity index (χ1v) is 6.56. The van der Waals surface area contributed by atoms with Crippen LogP contribution in [0.15, 0.2) is 36.4 Å². The van der Waals surface area contributed by atoms with Crippen molar-refractivity contribution in [1.29, 1.82) is 0 Å². The molecule has 0 aromatic heterocycles. The van der Waals surface area contributed by atoms with Gasteiger partial charge in [-0.15, -0.1) is 0 Å². The molecule has 0 radical (unpaired) electrons. The third kappa shape index (κ3) is 9.86. The molecule has 1 aromatic rings. The van der Waals surface area contributed by atoms with Gasteiger partial charge >= 0.3 is 0 Å². The van der Waals surface area contributed by atoms with Gasteiger partial charge in [0.05, 0.1) is 0 Å². The smallest absolute Gasteiger partial charge is 0.0132 e. The number of hydrogen-bond donors (Lipinski definition) is 0. The van der Waals surface area contributed by atoms with E-state index in [4.69, 9.17) is 0 Å². The van der Waals surface area contributed by atoms with E-state index in [1.165, 1.54) is 11.1 Å². The maximum absolute atomic E-state index is 2.23. The van der Waals surface area contributed by atoms with Gasteiger partial charge in [-0.25, -0.2) is 0 Å². The lowest BCUT2D eigenvalue weighted by atomic mass is 9.87. The van der Waals surface area contributed by atoms with Crippen molar-refractivity contribution in [3.8, 4) is 0 Å². The highest BCUT2D eigenvalue weighted by Gasteiger charge is 2.11. The summed E-state index contributed by atoms with van der Waals surface area (Å²) in [6.07, 6.45) is 4.00. The average molecular weight is 234 g/mol. The number of benzene rings is 1. The van der Waals surface area contributed by atoms with Gasteiger partial charge in [-0.1, -0.05) is 76.6 Å². The topological polar surface area (TPSA) is 0 Å². The molecule has 0 amide bonds. The number of rotatable bonds is 0. The van der Waals surface area contributed by atoms with E-state index in [9.17, 15) is 0 Å². The van der Waals surface area contributed by atoms with Crippen molar-refractivity contribution in [1.82, 2.24) is 0 Å². The van der Waals surface area contributed by atoms with Crippen LogP contribution in [-0.4, -0.2) is 0 Å². The summed E-state index contributed by atoms with van der Waals surface area (Å²) < 4.78 is 0. The van der Waals surface area contributed by atoms with Crippen LogP contribution in [0.25, 0.3) is 0 Å². The van der Waals surface area contributed by atoms with E-state index < -0.39 is 0 Å². The Balaban J connectivity index is 0. The van der Waals surface area contributed by atoms with E-state index in [1.54, 1.807) is 0 Å². The summed E-state index contributed by atoms with van der Waals surface area (Å²) in [6, 6.07) is 8.74. The minimum absolute atomic E-state index is 0.285. The Kier molecular flexibility index (Phi) is 10.9. The fourth-order valence-corrected chi connectivity index (χ4v) is 1.05. The van der Waals surface area contributed by atoms with E-state index >= 15 is 0 Å². The summed E-state index contributed by atoms with van der Waals surface area (Å²) in [5, 5.41) is 0. The summed E-state index contributed by atoms with van der Waals surface area (Å²) in [5.74, 6) is 0. The van der Waals surface area contributed by atoms with E-state index in [1.807, 2.05) is 39.8 Å². The van der Waals surface area contributed by atoms with Crippen LogP contribution in [-0.2, 0) is 5.41 Å². The predicted octanol–water partition coefficient (Wildman–Crippen LogP) is 5.90. The molecule has 0 nitrogen and oxygen atoms in total. The van der Waals surface area contributed by atoms with Gasteiger partial charge in [0, 0.05) is 0 Å². The van der Waals surface area contributed by atoms with Crippen molar-refractivity contribution in [2.45, 2.75) is 60.8 Å². The minimum atomic E-state index is 0.285. The van der Waals surface area contributed by atoms with Crippen molar-refractivity contribution in [3.63, 3.8) is 0 Å². The molecule has 17 heavy (non-hydrogen) atoms. The fraction of sp³-hybridized carbons (Fsp3) is 0.529. The van der Waals surface area contributed by atoms with Gasteiger partial charge in [-0.3, -0.25) is 0 Å². The van der Waals surface area contributed by atoms with Gasteiger partial charge in [0.15, 0.2) is 0 Å². The number of allylic oxidation sites excluding steroid dienone is 2. The maximum atomic E-state index is 2.23. The SMILES string of the molecule is C/C=C\C.CC.Cc1ccc(C(C)(C)C)cc1. The summed E-state index contributed by atoms with van der Waals surface area (Å²) in [4.78, 5) is 0. The second kappa shape index (κ2) is 10.1. The molecule has 0 aliphatic heterocycles. The Morgan fingerprint density at radius 2 is 1.18 bits per heavy atom. The summed E-state index contributed by atoms with van der Waals surface area (Å²) in [5.41, 5.74) is 3.02. The van der Waals surface area contributed by atoms with Gasteiger partial charge in [0.2, 0.25) is 0 Å². The van der Waals surface area contributed by atoms with E-state index in [0.717, 1.165) is 0 Å².